The highest BCUT2D eigenvalue weighted by Gasteiger charge is 2.08. The topological polar surface area (TPSA) is 43.8 Å². The Hall–Kier alpha value is -2.55. The molecule has 0 aliphatic carbocycles. The Balaban J connectivity index is 2.08. The second kappa shape index (κ2) is 4.61. The predicted molar refractivity (Wildman–Crippen MR) is 78.5 cm³/mol. The number of aromatic nitrogens is 2. The fraction of sp³-hybridized carbons (Fsp3) is 0.0625. The lowest BCUT2D eigenvalue weighted by atomic mass is 10.0. The highest BCUT2D eigenvalue weighted by molar-refractivity contribution is 5.78. The molecule has 0 spiro atoms. The van der Waals surface area contributed by atoms with Crippen LogP contribution in [0.5, 0.6) is 0 Å². The minimum absolute atomic E-state index is 0.685. The Kier molecular flexibility index (Phi) is 2.80. The van der Waals surface area contributed by atoms with Gasteiger partial charge in [-0.25, -0.2) is 0 Å². The van der Waals surface area contributed by atoms with Crippen molar-refractivity contribution in [3.05, 3.63) is 60.8 Å². The maximum atomic E-state index is 6.02. The summed E-state index contributed by atoms with van der Waals surface area (Å²) in [6.07, 6.45) is 1.80. The van der Waals surface area contributed by atoms with Crippen LogP contribution in [-0.4, -0.2) is 9.78 Å². The van der Waals surface area contributed by atoms with E-state index in [0.717, 1.165) is 11.1 Å². The van der Waals surface area contributed by atoms with Crippen LogP contribution in [0.3, 0.4) is 0 Å². The molecule has 0 bridgehead atoms. The third kappa shape index (κ3) is 2.10. The van der Waals surface area contributed by atoms with Crippen molar-refractivity contribution in [3.63, 3.8) is 0 Å². The molecular formula is C16H15N3. The molecule has 3 nitrogen and oxygen atoms in total. The van der Waals surface area contributed by atoms with Crippen molar-refractivity contribution >= 4 is 5.82 Å². The average molecular weight is 249 g/mol. The standard InChI is InChI=1S/C16H15N3/c1-19-16(17)15(11-18-19)14-9-5-8-13(10-14)12-6-3-2-4-7-12/h2-11H,17H2,1H3. The highest BCUT2D eigenvalue weighted by atomic mass is 15.3. The molecule has 1 heterocycles. The largest absolute Gasteiger partial charge is 0.383 e. The maximum absolute atomic E-state index is 6.02. The highest BCUT2D eigenvalue weighted by Crippen LogP contribution is 2.29. The maximum Gasteiger partial charge on any atom is 0.129 e. The van der Waals surface area contributed by atoms with E-state index in [9.17, 15) is 0 Å². The van der Waals surface area contributed by atoms with Crippen molar-refractivity contribution in [1.29, 1.82) is 0 Å². The lowest BCUT2D eigenvalue weighted by Gasteiger charge is -2.05. The van der Waals surface area contributed by atoms with E-state index >= 15 is 0 Å². The summed E-state index contributed by atoms with van der Waals surface area (Å²) in [5.41, 5.74) is 10.5. The first-order valence-corrected chi connectivity index (χ1v) is 6.19. The lowest BCUT2D eigenvalue weighted by Crippen LogP contribution is -1.98. The Morgan fingerprint density at radius 1 is 0.895 bits per heavy atom. The van der Waals surface area contributed by atoms with Gasteiger partial charge in [0.2, 0.25) is 0 Å². The van der Waals surface area contributed by atoms with E-state index in [1.54, 1.807) is 10.9 Å². The monoisotopic (exact) mass is 249 g/mol. The summed E-state index contributed by atoms with van der Waals surface area (Å²) in [5.74, 6) is 0.685. The molecule has 0 unspecified atom stereocenters. The third-order valence-corrected chi connectivity index (χ3v) is 3.27. The number of nitrogens with two attached hydrogens (primary N) is 1. The zero-order valence-electron chi connectivity index (χ0n) is 10.7. The molecule has 3 rings (SSSR count). The van der Waals surface area contributed by atoms with Crippen molar-refractivity contribution in [2.75, 3.05) is 5.73 Å². The fourth-order valence-electron chi connectivity index (χ4n) is 2.17. The second-order valence-corrected chi connectivity index (χ2v) is 4.51. The number of hydrogen-bond acceptors (Lipinski definition) is 2. The van der Waals surface area contributed by atoms with Crippen LogP contribution in [-0.2, 0) is 7.05 Å². The van der Waals surface area contributed by atoms with Crippen molar-refractivity contribution in [1.82, 2.24) is 9.78 Å². The normalized spacial score (nSPS) is 10.6. The van der Waals surface area contributed by atoms with Crippen molar-refractivity contribution < 1.29 is 0 Å². The van der Waals surface area contributed by atoms with Crippen molar-refractivity contribution in [2.24, 2.45) is 7.05 Å². The van der Waals surface area contributed by atoms with Crippen LogP contribution in [0.25, 0.3) is 22.3 Å². The van der Waals surface area contributed by atoms with Gasteiger partial charge in [0.15, 0.2) is 0 Å². The smallest absolute Gasteiger partial charge is 0.129 e. The van der Waals surface area contributed by atoms with Gasteiger partial charge in [-0.1, -0.05) is 48.5 Å². The Morgan fingerprint density at radius 2 is 1.58 bits per heavy atom. The summed E-state index contributed by atoms with van der Waals surface area (Å²) in [6.45, 7) is 0. The van der Waals surface area contributed by atoms with Crippen LogP contribution >= 0.6 is 0 Å². The van der Waals surface area contributed by atoms with Gasteiger partial charge in [-0.05, 0) is 22.8 Å². The first-order chi connectivity index (χ1) is 9.25. The van der Waals surface area contributed by atoms with E-state index in [2.05, 4.69) is 35.4 Å². The number of anilines is 1. The molecule has 3 heteroatoms. The van der Waals surface area contributed by atoms with Crippen LogP contribution in [0, 0.1) is 0 Å². The fourth-order valence-corrected chi connectivity index (χ4v) is 2.17. The van der Waals surface area contributed by atoms with Gasteiger partial charge in [0.1, 0.15) is 5.82 Å². The number of benzene rings is 2. The van der Waals surface area contributed by atoms with E-state index in [1.807, 2.05) is 31.3 Å². The molecule has 94 valence electrons. The van der Waals surface area contributed by atoms with Gasteiger partial charge in [-0.3, -0.25) is 4.68 Å². The molecule has 19 heavy (non-hydrogen) atoms. The van der Waals surface area contributed by atoms with E-state index in [1.165, 1.54) is 11.1 Å². The zero-order chi connectivity index (χ0) is 13.2. The summed E-state index contributed by atoms with van der Waals surface area (Å²) in [4.78, 5) is 0. The van der Waals surface area contributed by atoms with Crippen molar-refractivity contribution in [3.8, 4) is 22.3 Å². The molecule has 0 aliphatic heterocycles. The molecule has 2 aromatic carbocycles. The molecule has 0 saturated heterocycles. The van der Waals surface area contributed by atoms with Gasteiger partial charge in [0.25, 0.3) is 0 Å². The first kappa shape index (κ1) is 11.5. The minimum Gasteiger partial charge on any atom is -0.383 e. The average Bonchev–Trinajstić information content (AvgIpc) is 2.80. The molecule has 1 aromatic heterocycles. The Bertz CT molecular complexity index is 699. The van der Waals surface area contributed by atoms with Crippen LogP contribution in [0.4, 0.5) is 5.82 Å². The van der Waals surface area contributed by atoms with E-state index in [-0.39, 0.29) is 0 Å². The van der Waals surface area contributed by atoms with Gasteiger partial charge >= 0.3 is 0 Å². The summed E-state index contributed by atoms with van der Waals surface area (Å²) in [7, 11) is 1.85. The van der Waals surface area contributed by atoms with Crippen molar-refractivity contribution in [2.45, 2.75) is 0 Å². The third-order valence-electron chi connectivity index (χ3n) is 3.27. The quantitative estimate of drug-likeness (QED) is 0.757. The minimum atomic E-state index is 0.685. The summed E-state index contributed by atoms with van der Waals surface area (Å²) in [5, 5.41) is 4.19. The number of rotatable bonds is 2. The first-order valence-electron chi connectivity index (χ1n) is 6.19. The number of nitrogen functional groups attached to an aromatic ring is 1. The molecule has 0 fully saturated rings. The van der Waals surface area contributed by atoms with E-state index in [0.29, 0.717) is 5.82 Å². The Labute approximate surface area is 112 Å². The van der Waals surface area contributed by atoms with Crippen LogP contribution < -0.4 is 5.73 Å². The molecule has 0 atom stereocenters. The zero-order valence-corrected chi connectivity index (χ0v) is 10.7. The summed E-state index contributed by atoms with van der Waals surface area (Å²) in [6, 6.07) is 18.7. The van der Waals surface area contributed by atoms with Gasteiger partial charge in [-0.2, -0.15) is 5.10 Å². The number of nitrogens with zero attached hydrogens (tertiary/aromatic N) is 2. The van der Waals surface area contributed by atoms with Gasteiger partial charge in [0, 0.05) is 12.6 Å². The van der Waals surface area contributed by atoms with E-state index in [4.69, 9.17) is 5.73 Å². The predicted octanol–water partition coefficient (Wildman–Crippen LogP) is 3.34. The van der Waals surface area contributed by atoms with Gasteiger partial charge < -0.3 is 5.73 Å². The summed E-state index contributed by atoms with van der Waals surface area (Å²) < 4.78 is 1.69. The number of aryl methyl sites for hydroxylation is 1. The van der Waals surface area contributed by atoms with Crippen LogP contribution in [0.1, 0.15) is 0 Å². The molecule has 0 aliphatic rings. The Morgan fingerprint density at radius 3 is 2.26 bits per heavy atom. The van der Waals surface area contributed by atoms with Gasteiger partial charge in [0.05, 0.1) is 6.20 Å². The molecular weight excluding hydrogens is 234 g/mol. The number of hydrogen-bond donors (Lipinski definition) is 1. The molecule has 3 aromatic rings. The van der Waals surface area contributed by atoms with E-state index < -0.39 is 0 Å². The van der Waals surface area contributed by atoms with Crippen LogP contribution in [0.2, 0.25) is 0 Å². The molecule has 2 N–H and O–H groups in total. The molecule has 0 saturated carbocycles. The SMILES string of the molecule is Cn1ncc(-c2cccc(-c3ccccc3)c2)c1N. The molecule has 0 radical (unpaired) electrons. The van der Waals surface area contributed by atoms with Crippen LogP contribution in [0.15, 0.2) is 60.8 Å². The second-order valence-electron chi connectivity index (χ2n) is 4.51. The molecule has 0 amide bonds. The van der Waals surface area contributed by atoms with Gasteiger partial charge in [-0.15, -0.1) is 0 Å². The lowest BCUT2D eigenvalue weighted by molar-refractivity contribution is 0.779. The summed E-state index contributed by atoms with van der Waals surface area (Å²) >= 11 is 0.